The lowest BCUT2D eigenvalue weighted by Gasteiger charge is -2.52. The highest BCUT2D eigenvalue weighted by atomic mass is 16.5. The van der Waals surface area contributed by atoms with E-state index in [2.05, 4.69) is 27.3 Å². The molecule has 0 aliphatic carbocycles. The second-order valence-electron chi connectivity index (χ2n) is 8.62. The monoisotopic (exact) mass is 404 g/mol. The third-order valence-electron chi connectivity index (χ3n) is 6.61. The Kier molecular flexibility index (Phi) is 5.05. The van der Waals surface area contributed by atoms with Crippen LogP contribution in [0, 0.1) is 0 Å². The van der Waals surface area contributed by atoms with Crippen molar-refractivity contribution in [3.05, 3.63) is 66.1 Å². The van der Waals surface area contributed by atoms with Gasteiger partial charge in [0.15, 0.2) is 0 Å². The highest BCUT2D eigenvalue weighted by Gasteiger charge is 2.47. The zero-order valence-electron chi connectivity index (χ0n) is 17.4. The van der Waals surface area contributed by atoms with Gasteiger partial charge in [0, 0.05) is 62.9 Å². The maximum Gasteiger partial charge on any atom is 0.268 e. The number of aromatic nitrogens is 2. The lowest BCUT2D eigenvalue weighted by atomic mass is 9.80. The van der Waals surface area contributed by atoms with Crippen LogP contribution in [0.25, 0.3) is 10.9 Å². The van der Waals surface area contributed by atoms with Gasteiger partial charge in [0.05, 0.1) is 11.7 Å². The molecule has 6 heteroatoms. The Hall–Kier alpha value is -2.70. The standard InChI is InChI=1S/C24H28N4O2/c1-27-21-5-3-2-4-19(21)14-22(27)23(29)26-16-20-15-24(30-20)8-12-28(13-9-24)17-18-6-10-25-11-7-18/h2-7,10-11,14,20H,8-9,12-13,15-17H2,1H3,(H,26,29). The van der Waals surface area contributed by atoms with E-state index in [0.717, 1.165) is 49.8 Å². The van der Waals surface area contributed by atoms with E-state index in [1.165, 1.54) is 5.56 Å². The molecule has 30 heavy (non-hydrogen) atoms. The number of amides is 1. The van der Waals surface area contributed by atoms with E-state index in [-0.39, 0.29) is 17.6 Å². The molecule has 2 aromatic heterocycles. The molecule has 0 saturated carbocycles. The fraction of sp³-hybridized carbons (Fsp3) is 0.417. The van der Waals surface area contributed by atoms with Gasteiger partial charge >= 0.3 is 0 Å². The summed E-state index contributed by atoms with van der Waals surface area (Å²) in [6, 6.07) is 14.2. The maximum atomic E-state index is 12.7. The summed E-state index contributed by atoms with van der Waals surface area (Å²) < 4.78 is 8.23. The van der Waals surface area contributed by atoms with Crippen molar-refractivity contribution < 1.29 is 9.53 Å². The zero-order chi connectivity index (χ0) is 20.6. The minimum atomic E-state index is -0.0366. The van der Waals surface area contributed by atoms with Crippen LogP contribution in [0.3, 0.4) is 0 Å². The number of piperidine rings is 1. The summed E-state index contributed by atoms with van der Waals surface area (Å²) in [5.41, 5.74) is 3.09. The highest BCUT2D eigenvalue weighted by molar-refractivity contribution is 5.98. The van der Waals surface area contributed by atoms with Crippen LogP contribution in [0.2, 0.25) is 0 Å². The largest absolute Gasteiger partial charge is 0.370 e. The molecule has 6 nitrogen and oxygen atoms in total. The number of benzene rings is 1. The Morgan fingerprint density at radius 3 is 2.67 bits per heavy atom. The Balaban J connectivity index is 1.09. The molecule has 2 aliphatic rings. The van der Waals surface area contributed by atoms with Crippen LogP contribution in [0.15, 0.2) is 54.9 Å². The smallest absolute Gasteiger partial charge is 0.268 e. The van der Waals surface area contributed by atoms with Crippen molar-refractivity contribution in [2.24, 2.45) is 7.05 Å². The van der Waals surface area contributed by atoms with Gasteiger partial charge in [-0.25, -0.2) is 0 Å². The maximum absolute atomic E-state index is 12.7. The van der Waals surface area contributed by atoms with Gasteiger partial charge in [-0.05, 0) is 42.7 Å². The first-order chi connectivity index (χ1) is 14.6. The third kappa shape index (κ3) is 3.73. The predicted molar refractivity (Wildman–Crippen MR) is 116 cm³/mol. The average Bonchev–Trinajstić information content (AvgIpc) is 3.09. The van der Waals surface area contributed by atoms with Crippen molar-refractivity contribution in [3.63, 3.8) is 0 Å². The molecule has 0 radical (unpaired) electrons. The van der Waals surface area contributed by atoms with Crippen LogP contribution in [0.4, 0.5) is 0 Å². The number of ether oxygens (including phenoxy) is 1. The number of fused-ring (bicyclic) bond motifs is 1. The van der Waals surface area contributed by atoms with E-state index in [9.17, 15) is 4.79 Å². The number of carbonyl (C=O) groups is 1. The molecule has 1 N–H and O–H groups in total. The minimum Gasteiger partial charge on any atom is -0.370 e. The minimum absolute atomic E-state index is 0.0177. The van der Waals surface area contributed by atoms with Crippen molar-refractivity contribution in [2.45, 2.75) is 37.5 Å². The van der Waals surface area contributed by atoms with Crippen LogP contribution >= 0.6 is 0 Å². The molecule has 2 saturated heterocycles. The Bertz CT molecular complexity index is 1030. The second-order valence-corrected chi connectivity index (χ2v) is 8.62. The van der Waals surface area contributed by atoms with Gasteiger partial charge in [-0.3, -0.25) is 14.7 Å². The summed E-state index contributed by atoms with van der Waals surface area (Å²) in [6.07, 6.45) is 6.98. The Labute approximate surface area is 176 Å². The number of likely N-dealkylation sites (tertiary alicyclic amines) is 1. The molecule has 156 valence electrons. The molecular formula is C24H28N4O2. The summed E-state index contributed by atoms with van der Waals surface area (Å²) in [6.45, 7) is 3.65. The summed E-state index contributed by atoms with van der Waals surface area (Å²) in [7, 11) is 1.94. The van der Waals surface area contributed by atoms with E-state index < -0.39 is 0 Å². The zero-order valence-corrected chi connectivity index (χ0v) is 17.4. The molecule has 2 aliphatic heterocycles. The first kappa shape index (κ1) is 19.3. The quantitative estimate of drug-likeness (QED) is 0.710. The van der Waals surface area contributed by atoms with Gasteiger partial charge in [-0.1, -0.05) is 18.2 Å². The SMILES string of the molecule is Cn1c(C(=O)NCC2CC3(CCN(Cc4ccncc4)CC3)O2)cc2ccccc21. The van der Waals surface area contributed by atoms with Crippen LogP contribution in [-0.4, -0.2) is 51.7 Å². The number of aryl methyl sites for hydroxylation is 1. The predicted octanol–water partition coefficient (Wildman–Crippen LogP) is 3.13. The first-order valence-corrected chi connectivity index (χ1v) is 10.7. The van der Waals surface area contributed by atoms with E-state index >= 15 is 0 Å². The molecule has 1 amide bonds. The normalized spacial score (nSPS) is 20.9. The number of para-hydroxylation sites is 1. The van der Waals surface area contributed by atoms with Crippen LogP contribution < -0.4 is 5.32 Å². The van der Waals surface area contributed by atoms with Crippen LogP contribution in [0.5, 0.6) is 0 Å². The van der Waals surface area contributed by atoms with Crippen molar-refractivity contribution in [1.29, 1.82) is 0 Å². The number of nitrogens with zero attached hydrogens (tertiary/aromatic N) is 3. The molecule has 5 rings (SSSR count). The van der Waals surface area contributed by atoms with Crippen molar-refractivity contribution >= 4 is 16.8 Å². The number of nitrogens with one attached hydrogen (secondary N) is 1. The van der Waals surface area contributed by atoms with E-state index in [4.69, 9.17) is 4.74 Å². The fourth-order valence-electron chi connectivity index (χ4n) is 4.86. The van der Waals surface area contributed by atoms with Gasteiger partial charge in [0.2, 0.25) is 0 Å². The lowest BCUT2D eigenvalue weighted by molar-refractivity contribution is -0.222. The summed E-state index contributed by atoms with van der Waals surface area (Å²) in [5.74, 6) is -0.0366. The Morgan fingerprint density at radius 1 is 1.20 bits per heavy atom. The number of carbonyl (C=O) groups excluding carboxylic acids is 1. The molecule has 4 heterocycles. The van der Waals surface area contributed by atoms with E-state index in [0.29, 0.717) is 12.2 Å². The highest BCUT2D eigenvalue weighted by Crippen LogP contribution is 2.41. The van der Waals surface area contributed by atoms with Crippen molar-refractivity contribution in [1.82, 2.24) is 19.8 Å². The van der Waals surface area contributed by atoms with E-state index in [1.54, 1.807) is 0 Å². The van der Waals surface area contributed by atoms with Crippen molar-refractivity contribution in [3.8, 4) is 0 Å². The summed E-state index contributed by atoms with van der Waals surface area (Å²) in [4.78, 5) is 19.2. The van der Waals surface area contributed by atoms with Gasteiger partial charge in [-0.2, -0.15) is 0 Å². The number of pyridine rings is 1. The first-order valence-electron chi connectivity index (χ1n) is 10.7. The average molecular weight is 405 g/mol. The molecule has 1 aromatic carbocycles. The van der Waals surface area contributed by atoms with Crippen LogP contribution in [0.1, 0.15) is 35.3 Å². The van der Waals surface area contributed by atoms with E-state index in [1.807, 2.05) is 54.3 Å². The van der Waals surface area contributed by atoms with Gasteiger partial charge in [0.1, 0.15) is 5.69 Å². The molecular weight excluding hydrogens is 376 g/mol. The van der Waals surface area contributed by atoms with Gasteiger partial charge in [0.25, 0.3) is 5.91 Å². The fourth-order valence-corrected chi connectivity index (χ4v) is 4.86. The summed E-state index contributed by atoms with van der Waals surface area (Å²) in [5, 5.41) is 4.15. The molecule has 2 fully saturated rings. The Morgan fingerprint density at radius 2 is 1.93 bits per heavy atom. The lowest BCUT2D eigenvalue weighted by Crippen LogP contribution is -2.59. The van der Waals surface area contributed by atoms with Crippen molar-refractivity contribution in [2.75, 3.05) is 19.6 Å². The van der Waals surface area contributed by atoms with Crippen LogP contribution in [-0.2, 0) is 18.3 Å². The molecule has 0 bridgehead atoms. The summed E-state index contributed by atoms with van der Waals surface area (Å²) >= 11 is 0. The number of rotatable bonds is 5. The number of hydrogen-bond acceptors (Lipinski definition) is 4. The topological polar surface area (TPSA) is 59.4 Å². The molecule has 1 spiro atoms. The third-order valence-corrected chi connectivity index (χ3v) is 6.61. The molecule has 1 unspecified atom stereocenters. The van der Waals surface area contributed by atoms with Gasteiger partial charge in [-0.15, -0.1) is 0 Å². The van der Waals surface area contributed by atoms with Gasteiger partial charge < -0.3 is 14.6 Å². The number of hydrogen-bond donors (Lipinski definition) is 1. The second kappa shape index (κ2) is 7.85. The molecule has 3 aromatic rings. The molecule has 1 atom stereocenters.